The number of aromatic hydroxyl groups is 1. The van der Waals surface area contributed by atoms with Crippen LogP contribution in [0.4, 0.5) is 0 Å². The van der Waals surface area contributed by atoms with Gasteiger partial charge in [0.15, 0.2) is 0 Å². The monoisotopic (exact) mass is 279 g/mol. The summed E-state index contributed by atoms with van der Waals surface area (Å²) in [5.74, 6) is -0.850. The van der Waals surface area contributed by atoms with E-state index in [4.69, 9.17) is 4.74 Å². The molecular weight excluding hydrogens is 262 g/mol. The Morgan fingerprint density at radius 2 is 2.40 bits per heavy atom. The Morgan fingerprint density at radius 3 is 3.10 bits per heavy atom. The first-order chi connectivity index (χ1) is 9.65. The van der Waals surface area contributed by atoms with E-state index in [1.165, 1.54) is 23.4 Å². The predicted octanol–water partition coefficient (Wildman–Crippen LogP) is -0.236. The third kappa shape index (κ3) is 2.88. The van der Waals surface area contributed by atoms with E-state index in [0.717, 1.165) is 0 Å². The summed E-state index contributed by atoms with van der Waals surface area (Å²) in [7, 11) is 0. The molecule has 0 bridgehead atoms. The fourth-order valence-electron chi connectivity index (χ4n) is 2.08. The number of carbonyl (C=O) groups excluding carboxylic acids is 2. The van der Waals surface area contributed by atoms with E-state index in [2.05, 4.69) is 10.3 Å². The van der Waals surface area contributed by atoms with Gasteiger partial charge in [0, 0.05) is 19.3 Å². The van der Waals surface area contributed by atoms with E-state index in [1.54, 1.807) is 0 Å². The van der Waals surface area contributed by atoms with Crippen LogP contribution >= 0.6 is 0 Å². The van der Waals surface area contributed by atoms with Gasteiger partial charge in [0.25, 0.3) is 5.91 Å². The largest absolute Gasteiger partial charge is 0.505 e. The van der Waals surface area contributed by atoms with Gasteiger partial charge in [0.2, 0.25) is 5.91 Å². The molecule has 2 heterocycles. The maximum Gasteiger partial charge on any atom is 0.258 e. The van der Waals surface area contributed by atoms with Crippen LogP contribution in [-0.2, 0) is 9.53 Å². The van der Waals surface area contributed by atoms with Gasteiger partial charge in [-0.3, -0.25) is 14.6 Å². The second-order valence-corrected chi connectivity index (χ2v) is 4.38. The fraction of sp³-hybridized carbons (Fsp3) is 0.462. The summed E-state index contributed by atoms with van der Waals surface area (Å²) >= 11 is 0. The number of nitrogens with zero attached hydrogens (tertiary/aromatic N) is 2. The number of amides is 2. The Balaban J connectivity index is 2.22. The molecule has 7 nitrogen and oxygen atoms in total. The maximum absolute atomic E-state index is 12.4. The summed E-state index contributed by atoms with van der Waals surface area (Å²) < 4.78 is 5.27. The minimum Gasteiger partial charge on any atom is -0.505 e. The molecule has 1 aliphatic rings. The number of likely N-dealkylation sites (N-methyl/N-ethyl adjacent to an activating group) is 1. The summed E-state index contributed by atoms with van der Waals surface area (Å²) in [5, 5.41) is 12.4. The van der Waals surface area contributed by atoms with Crippen molar-refractivity contribution in [2.45, 2.75) is 13.0 Å². The number of hydrogen-bond donors (Lipinski definition) is 2. The first kappa shape index (κ1) is 14.3. The van der Waals surface area contributed by atoms with Crippen LogP contribution in [0, 0.1) is 0 Å². The van der Waals surface area contributed by atoms with Gasteiger partial charge in [-0.05, 0) is 13.0 Å². The lowest BCUT2D eigenvalue weighted by Gasteiger charge is -2.34. The van der Waals surface area contributed by atoms with Gasteiger partial charge in [-0.25, -0.2) is 0 Å². The van der Waals surface area contributed by atoms with Crippen LogP contribution in [0.2, 0.25) is 0 Å². The topological polar surface area (TPSA) is 91.8 Å². The van der Waals surface area contributed by atoms with Crippen LogP contribution in [0.15, 0.2) is 18.5 Å². The van der Waals surface area contributed by atoms with E-state index in [0.29, 0.717) is 19.7 Å². The molecule has 1 aromatic heterocycles. The van der Waals surface area contributed by atoms with Crippen LogP contribution < -0.4 is 5.32 Å². The van der Waals surface area contributed by atoms with E-state index in [1.807, 2.05) is 6.92 Å². The van der Waals surface area contributed by atoms with Crippen LogP contribution in [-0.4, -0.2) is 59.1 Å². The normalized spacial score (nSPS) is 18.6. The van der Waals surface area contributed by atoms with Crippen LogP contribution in [0.3, 0.4) is 0 Å². The molecule has 0 aliphatic carbocycles. The van der Waals surface area contributed by atoms with Gasteiger partial charge in [-0.15, -0.1) is 0 Å². The fourth-order valence-corrected chi connectivity index (χ4v) is 2.08. The SMILES string of the molecule is CCNC(=O)C1COCCN1C(=O)c1ccncc1O. The Hall–Kier alpha value is -2.15. The van der Waals surface area contributed by atoms with Crippen molar-refractivity contribution in [2.75, 3.05) is 26.3 Å². The number of nitrogens with one attached hydrogen (secondary N) is 1. The van der Waals surface area contributed by atoms with Gasteiger partial charge in [0.05, 0.1) is 25.0 Å². The summed E-state index contributed by atoms with van der Waals surface area (Å²) in [6.45, 7) is 3.12. The number of rotatable bonds is 3. The average molecular weight is 279 g/mol. The standard InChI is InChI=1S/C13H17N3O4/c1-2-15-12(18)10-8-20-6-5-16(10)13(19)9-3-4-14-7-11(9)17/h3-4,7,10,17H,2,5-6,8H2,1H3,(H,15,18). The highest BCUT2D eigenvalue weighted by molar-refractivity contribution is 5.99. The smallest absolute Gasteiger partial charge is 0.258 e. The van der Waals surface area contributed by atoms with Gasteiger partial charge < -0.3 is 20.1 Å². The van der Waals surface area contributed by atoms with Crippen molar-refractivity contribution in [1.29, 1.82) is 0 Å². The molecule has 0 aromatic carbocycles. The van der Waals surface area contributed by atoms with Crippen LogP contribution in [0.5, 0.6) is 5.75 Å². The Labute approximate surface area is 116 Å². The molecule has 20 heavy (non-hydrogen) atoms. The first-order valence-electron chi connectivity index (χ1n) is 6.44. The molecule has 1 saturated heterocycles. The summed E-state index contributed by atoms with van der Waals surface area (Å²) in [6, 6.07) is 0.755. The molecule has 2 amide bonds. The lowest BCUT2D eigenvalue weighted by molar-refractivity contribution is -0.130. The molecule has 2 N–H and O–H groups in total. The molecule has 0 radical (unpaired) electrons. The first-order valence-corrected chi connectivity index (χ1v) is 6.44. The zero-order chi connectivity index (χ0) is 14.5. The minimum atomic E-state index is -0.677. The van der Waals surface area contributed by atoms with Crippen molar-refractivity contribution >= 4 is 11.8 Å². The number of morpholine rings is 1. The quantitative estimate of drug-likeness (QED) is 0.797. The Kier molecular flexibility index (Phi) is 4.52. The molecule has 108 valence electrons. The van der Waals surface area contributed by atoms with Crippen molar-refractivity contribution in [1.82, 2.24) is 15.2 Å². The molecule has 1 fully saturated rings. The average Bonchev–Trinajstić information content (AvgIpc) is 2.47. The highest BCUT2D eigenvalue weighted by Crippen LogP contribution is 2.19. The Morgan fingerprint density at radius 1 is 1.60 bits per heavy atom. The van der Waals surface area contributed by atoms with Gasteiger partial charge in [-0.1, -0.05) is 0 Å². The van der Waals surface area contributed by atoms with Crippen molar-refractivity contribution in [3.05, 3.63) is 24.0 Å². The van der Waals surface area contributed by atoms with Gasteiger partial charge in [-0.2, -0.15) is 0 Å². The zero-order valence-corrected chi connectivity index (χ0v) is 11.2. The lowest BCUT2D eigenvalue weighted by Crippen LogP contribution is -2.55. The van der Waals surface area contributed by atoms with Crippen LogP contribution in [0.25, 0.3) is 0 Å². The summed E-state index contributed by atoms with van der Waals surface area (Å²) in [6.07, 6.45) is 2.63. The maximum atomic E-state index is 12.4. The van der Waals surface area contributed by atoms with Crippen molar-refractivity contribution < 1.29 is 19.4 Å². The number of ether oxygens (including phenoxy) is 1. The molecule has 7 heteroatoms. The van der Waals surface area contributed by atoms with Crippen molar-refractivity contribution in [3.8, 4) is 5.75 Å². The number of pyridine rings is 1. The minimum absolute atomic E-state index is 0.135. The van der Waals surface area contributed by atoms with Crippen molar-refractivity contribution in [3.63, 3.8) is 0 Å². The van der Waals surface area contributed by atoms with E-state index >= 15 is 0 Å². The summed E-state index contributed by atoms with van der Waals surface area (Å²) in [4.78, 5) is 29.6. The lowest BCUT2D eigenvalue weighted by atomic mass is 10.1. The number of carbonyl (C=O) groups is 2. The Bertz CT molecular complexity index is 506. The third-order valence-corrected chi connectivity index (χ3v) is 3.07. The van der Waals surface area contributed by atoms with E-state index in [-0.39, 0.29) is 23.8 Å². The summed E-state index contributed by atoms with van der Waals surface area (Å²) in [5.41, 5.74) is 0.135. The molecule has 1 aromatic rings. The zero-order valence-electron chi connectivity index (χ0n) is 11.2. The molecule has 1 aliphatic heterocycles. The predicted molar refractivity (Wildman–Crippen MR) is 70.2 cm³/mol. The van der Waals surface area contributed by atoms with E-state index < -0.39 is 11.9 Å². The molecule has 0 saturated carbocycles. The second kappa shape index (κ2) is 6.33. The van der Waals surface area contributed by atoms with Crippen molar-refractivity contribution in [2.24, 2.45) is 0 Å². The number of aromatic nitrogens is 1. The molecule has 2 rings (SSSR count). The molecule has 1 atom stereocenters. The van der Waals surface area contributed by atoms with Gasteiger partial charge >= 0.3 is 0 Å². The highest BCUT2D eigenvalue weighted by Gasteiger charge is 2.33. The number of hydrogen-bond acceptors (Lipinski definition) is 5. The van der Waals surface area contributed by atoms with Gasteiger partial charge in [0.1, 0.15) is 11.8 Å². The highest BCUT2D eigenvalue weighted by atomic mass is 16.5. The molecule has 1 unspecified atom stereocenters. The van der Waals surface area contributed by atoms with E-state index in [9.17, 15) is 14.7 Å². The molecular formula is C13H17N3O4. The molecule has 0 spiro atoms. The van der Waals surface area contributed by atoms with Crippen LogP contribution in [0.1, 0.15) is 17.3 Å². The third-order valence-electron chi connectivity index (χ3n) is 3.07. The second-order valence-electron chi connectivity index (χ2n) is 4.38.